The minimum Gasteiger partial charge on any atom is -0.326 e. The van der Waals surface area contributed by atoms with Crippen molar-refractivity contribution in [3.63, 3.8) is 0 Å². The Labute approximate surface area is 153 Å². The predicted molar refractivity (Wildman–Crippen MR) is 98.9 cm³/mol. The fraction of sp³-hybridized carbons (Fsp3) is 0.471. The number of amides is 1. The van der Waals surface area contributed by atoms with E-state index in [1.165, 1.54) is 24.3 Å². The van der Waals surface area contributed by atoms with E-state index in [0.717, 1.165) is 12.8 Å². The molecule has 1 aromatic rings. The molecule has 1 aromatic carbocycles. The van der Waals surface area contributed by atoms with Crippen molar-refractivity contribution in [2.45, 2.75) is 36.6 Å². The summed E-state index contributed by atoms with van der Waals surface area (Å²) < 4.78 is 50.1. The molecule has 1 aliphatic carbocycles. The minimum absolute atomic E-state index is 0.00133. The summed E-state index contributed by atoms with van der Waals surface area (Å²) in [7, 11) is -6.95. The number of anilines is 1. The number of rotatable bonds is 6. The molecule has 1 aliphatic heterocycles. The lowest BCUT2D eigenvalue weighted by molar-refractivity contribution is -0.116. The molecule has 26 heavy (non-hydrogen) atoms. The highest BCUT2D eigenvalue weighted by Crippen LogP contribution is 2.22. The summed E-state index contributed by atoms with van der Waals surface area (Å²) in [4.78, 5) is 12.0. The lowest BCUT2D eigenvalue weighted by atomic mass is 10.1. The van der Waals surface area contributed by atoms with Crippen molar-refractivity contribution in [1.82, 2.24) is 4.72 Å². The smallest absolute Gasteiger partial charge is 0.240 e. The van der Waals surface area contributed by atoms with Gasteiger partial charge in [-0.2, -0.15) is 0 Å². The molecule has 3 rings (SSSR count). The quantitative estimate of drug-likeness (QED) is 0.705. The molecule has 1 amide bonds. The number of hydrogen-bond acceptors (Lipinski definition) is 5. The third kappa shape index (κ3) is 4.93. The Morgan fingerprint density at radius 2 is 1.88 bits per heavy atom. The van der Waals surface area contributed by atoms with Crippen molar-refractivity contribution in [2.24, 2.45) is 5.92 Å². The summed E-state index contributed by atoms with van der Waals surface area (Å²) in [5, 5.41) is 2.76. The second kappa shape index (κ2) is 7.50. The van der Waals surface area contributed by atoms with Crippen molar-refractivity contribution in [3.05, 3.63) is 36.4 Å². The summed E-state index contributed by atoms with van der Waals surface area (Å²) in [6.45, 7) is 0. The highest BCUT2D eigenvalue weighted by molar-refractivity contribution is 7.92. The number of sulfonamides is 1. The van der Waals surface area contributed by atoms with Crippen LogP contribution in [0.3, 0.4) is 0 Å². The molecule has 0 radical (unpaired) electrons. The van der Waals surface area contributed by atoms with Crippen LogP contribution < -0.4 is 10.0 Å². The van der Waals surface area contributed by atoms with Gasteiger partial charge in [0.1, 0.15) is 0 Å². The number of carbonyl (C=O) groups is 1. The van der Waals surface area contributed by atoms with Crippen LogP contribution in [0.2, 0.25) is 0 Å². The van der Waals surface area contributed by atoms with E-state index in [1.807, 2.05) is 6.08 Å². The number of sulfone groups is 1. The summed E-state index contributed by atoms with van der Waals surface area (Å²) in [5.41, 5.74) is 0.527. The third-order valence-electron chi connectivity index (χ3n) is 4.56. The van der Waals surface area contributed by atoms with Crippen LogP contribution in [0.1, 0.15) is 25.7 Å². The normalized spacial score (nSPS) is 24.6. The predicted octanol–water partition coefficient (Wildman–Crippen LogP) is 1.45. The largest absolute Gasteiger partial charge is 0.326 e. The highest BCUT2D eigenvalue weighted by atomic mass is 32.2. The average Bonchev–Trinajstić information content (AvgIpc) is 3.16. The summed E-state index contributed by atoms with van der Waals surface area (Å²) >= 11 is 0. The Morgan fingerprint density at radius 1 is 1.15 bits per heavy atom. The Morgan fingerprint density at radius 3 is 2.46 bits per heavy atom. The zero-order chi connectivity index (χ0) is 18.8. The first-order valence-corrected chi connectivity index (χ1v) is 11.8. The number of hydrogen-bond donors (Lipinski definition) is 2. The van der Waals surface area contributed by atoms with E-state index in [9.17, 15) is 21.6 Å². The molecular formula is C17H22N2O5S2. The van der Waals surface area contributed by atoms with Gasteiger partial charge in [-0.3, -0.25) is 4.79 Å². The van der Waals surface area contributed by atoms with Crippen LogP contribution in [-0.4, -0.2) is 40.3 Å². The van der Waals surface area contributed by atoms with Crippen molar-refractivity contribution >= 4 is 31.5 Å². The van der Waals surface area contributed by atoms with Crippen LogP contribution in [0.4, 0.5) is 5.69 Å². The fourth-order valence-electron chi connectivity index (χ4n) is 3.21. The number of benzene rings is 1. The summed E-state index contributed by atoms with van der Waals surface area (Å²) in [5.74, 6) is -0.00915. The van der Waals surface area contributed by atoms with E-state index in [0.29, 0.717) is 12.1 Å². The maximum atomic E-state index is 12.4. The first-order chi connectivity index (χ1) is 12.2. The van der Waals surface area contributed by atoms with E-state index in [2.05, 4.69) is 16.1 Å². The highest BCUT2D eigenvalue weighted by Gasteiger charge is 2.31. The molecule has 1 saturated heterocycles. The molecule has 0 saturated carbocycles. The van der Waals surface area contributed by atoms with Crippen molar-refractivity contribution in [3.8, 4) is 0 Å². The van der Waals surface area contributed by atoms with Gasteiger partial charge in [-0.05, 0) is 49.4 Å². The van der Waals surface area contributed by atoms with Crippen LogP contribution in [0.15, 0.2) is 41.3 Å². The lowest BCUT2D eigenvalue weighted by Crippen LogP contribution is -2.35. The standard InChI is InChI=1S/C17H22N2O5S2/c20-17(11-13-3-1-2-4-13)18-14-5-7-16(8-6-14)26(23,24)19-15-9-10-25(21,22)12-15/h1,3,5-8,13,15,19H,2,4,9-12H2,(H,18,20)/t13-,15+/m0/s1. The molecule has 0 bridgehead atoms. The second-order valence-electron chi connectivity index (χ2n) is 6.76. The molecule has 1 heterocycles. The van der Waals surface area contributed by atoms with Gasteiger partial charge in [0.2, 0.25) is 15.9 Å². The van der Waals surface area contributed by atoms with Crippen LogP contribution >= 0.6 is 0 Å². The van der Waals surface area contributed by atoms with E-state index in [1.54, 1.807) is 0 Å². The summed E-state index contributed by atoms with van der Waals surface area (Å²) in [6.07, 6.45) is 6.79. The fourth-order valence-corrected chi connectivity index (χ4v) is 6.26. The first-order valence-electron chi connectivity index (χ1n) is 8.53. The van der Waals surface area contributed by atoms with E-state index in [-0.39, 0.29) is 34.6 Å². The molecule has 0 spiro atoms. The Balaban J connectivity index is 1.59. The molecular weight excluding hydrogens is 376 g/mol. The maximum Gasteiger partial charge on any atom is 0.240 e. The Hall–Kier alpha value is -1.71. The van der Waals surface area contributed by atoms with Crippen molar-refractivity contribution in [1.29, 1.82) is 0 Å². The van der Waals surface area contributed by atoms with Gasteiger partial charge in [0, 0.05) is 18.2 Å². The van der Waals surface area contributed by atoms with E-state index >= 15 is 0 Å². The Kier molecular flexibility index (Phi) is 5.50. The van der Waals surface area contributed by atoms with Gasteiger partial charge in [-0.15, -0.1) is 0 Å². The number of nitrogens with one attached hydrogen (secondary N) is 2. The number of carbonyl (C=O) groups excluding carboxylic acids is 1. The molecule has 0 aromatic heterocycles. The van der Waals surface area contributed by atoms with Gasteiger partial charge in [0.25, 0.3) is 0 Å². The van der Waals surface area contributed by atoms with Crippen molar-refractivity contribution in [2.75, 3.05) is 16.8 Å². The minimum atomic E-state index is -3.79. The van der Waals surface area contributed by atoms with Gasteiger partial charge < -0.3 is 5.32 Å². The van der Waals surface area contributed by atoms with Gasteiger partial charge in [-0.25, -0.2) is 21.6 Å². The lowest BCUT2D eigenvalue weighted by Gasteiger charge is -2.12. The first kappa shape index (κ1) is 19.1. The molecule has 7 nitrogen and oxygen atoms in total. The van der Waals surface area contributed by atoms with E-state index in [4.69, 9.17) is 0 Å². The molecule has 2 atom stereocenters. The Bertz CT molecular complexity index is 905. The molecule has 2 N–H and O–H groups in total. The zero-order valence-electron chi connectivity index (χ0n) is 14.2. The average molecular weight is 399 g/mol. The van der Waals surface area contributed by atoms with Crippen LogP contribution in [0.5, 0.6) is 0 Å². The van der Waals surface area contributed by atoms with Crippen LogP contribution in [0.25, 0.3) is 0 Å². The van der Waals surface area contributed by atoms with Crippen molar-refractivity contribution < 1.29 is 21.6 Å². The monoisotopic (exact) mass is 398 g/mol. The second-order valence-corrected chi connectivity index (χ2v) is 10.7. The zero-order valence-corrected chi connectivity index (χ0v) is 15.9. The third-order valence-corrected chi connectivity index (χ3v) is 7.87. The molecule has 1 fully saturated rings. The van der Waals surface area contributed by atoms with Crippen LogP contribution in [-0.2, 0) is 24.7 Å². The van der Waals surface area contributed by atoms with Gasteiger partial charge in [0.05, 0.1) is 16.4 Å². The molecule has 2 aliphatic rings. The molecule has 0 unspecified atom stereocenters. The maximum absolute atomic E-state index is 12.4. The summed E-state index contributed by atoms with van der Waals surface area (Å²) in [6, 6.07) is 5.27. The van der Waals surface area contributed by atoms with E-state index < -0.39 is 25.9 Å². The topological polar surface area (TPSA) is 109 Å². The van der Waals surface area contributed by atoms with Gasteiger partial charge in [-0.1, -0.05) is 12.2 Å². The van der Waals surface area contributed by atoms with Gasteiger partial charge in [0.15, 0.2) is 9.84 Å². The SMILES string of the molecule is O=C(C[C@H]1C=CCC1)Nc1ccc(S(=O)(=O)N[C@@H]2CCS(=O)(=O)C2)cc1. The molecule has 9 heteroatoms. The number of allylic oxidation sites excluding steroid dienone is 2. The molecule has 142 valence electrons. The van der Waals surface area contributed by atoms with Crippen LogP contribution in [0, 0.1) is 5.92 Å². The van der Waals surface area contributed by atoms with Gasteiger partial charge >= 0.3 is 0 Å².